The minimum atomic E-state index is -0.0501. The number of hydrogen-bond acceptors (Lipinski definition) is 2. The molecular weight excluding hydrogens is 259 g/mol. The molecule has 5 heteroatoms. The number of rotatable bonds is 1. The molecule has 0 aromatic heterocycles. The Morgan fingerprint density at radius 3 is 2.94 bits per heavy atom. The van der Waals surface area contributed by atoms with Crippen molar-refractivity contribution in [3.8, 4) is 0 Å². The Morgan fingerprint density at radius 2 is 2.24 bits per heavy atom. The molecule has 0 saturated carbocycles. The van der Waals surface area contributed by atoms with Crippen molar-refractivity contribution in [1.82, 2.24) is 10.2 Å². The maximum absolute atomic E-state index is 12.3. The van der Waals surface area contributed by atoms with Crippen LogP contribution >= 0.6 is 23.2 Å². The number of amides is 1. The molecule has 0 radical (unpaired) electrons. The van der Waals surface area contributed by atoms with Crippen molar-refractivity contribution < 1.29 is 4.79 Å². The van der Waals surface area contributed by atoms with Gasteiger partial charge in [-0.2, -0.15) is 0 Å². The summed E-state index contributed by atoms with van der Waals surface area (Å²) in [5, 5.41) is 4.27. The summed E-state index contributed by atoms with van der Waals surface area (Å²) in [7, 11) is 0. The van der Waals surface area contributed by atoms with E-state index in [0.717, 1.165) is 6.54 Å². The van der Waals surface area contributed by atoms with Gasteiger partial charge < -0.3 is 10.2 Å². The van der Waals surface area contributed by atoms with Crippen LogP contribution in [0.5, 0.6) is 0 Å². The summed E-state index contributed by atoms with van der Waals surface area (Å²) in [6.45, 7) is 4.26. The van der Waals surface area contributed by atoms with E-state index >= 15 is 0 Å². The average Bonchev–Trinajstić information content (AvgIpc) is 2.31. The van der Waals surface area contributed by atoms with E-state index in [0.29, 0.717) is 34.7 Å². The van der Waals surface area contributed by atoms with Crippen LogP contribution in [0.3, 0.4) is 0 Å². The molecule has 0 unspecified atom stereocenters. The van der Waals surface area contributed by atoms with Crippen molar-refractivity contribution in [2.75, 3.05) is 19.6 Å². The zero-order chi connectivity index (χ0) is 12.4. The van der Waals surface area contributed by atoms with Crippen LogP contribution in [0.4, 0.5) is 0 Å². The number of piperazine rings is 1. The van der Waals surface area contributed by atoms with Gasteiger partial charge in [-0.1, -0.05) is 23.2 Å². The van der Waals surface area contributed by atoms with Crippen molar-refractivity contribution >= 4 is 29.1 Å². The highest BCUT2D eigenvalue weighted by Crippen LogP contribution is 2.22. The molecular formula is C12H14Cl2N2O. The highest BCUT2D eigenvalue weighted by molar-refractivity contribution is 6.35. The first-order valence-electron chi connectivity index (χ1n) is 5.55. The first-order chi connectivity index (χ1) is 8.08. The topological polar surface area (TPSA) is 32.3 Å². The fourth-order valence-corrected chi connectivity index (χ4v) is 2.32. The van der Waals surface area contributed by atoms with Gasteiger partial charge in [-0.15, -0.1) is 0 Å². The molecule has 1 aromatic rings. The zero-order valence-corrected chi connectivity index (χ0v) is 11.1. The van der Waals surface area contributed by atoms with Gasteiger partial charge in [-0.3, -0.25) is 4.79 Å². The Kier molecular flexibility index (Phi) is 3.92. The molecule has 0 spiro atoms. The number of hydrogen-bond donors (Lipinski definition) is 1. The lowest BCUT2D eigenvalue weighted by atomic mass is 10.1. The van der Waals surface area contributed by atoms with Gasteiger partial charge in [0.2, 0.25) is 0 Å². The molecule has 1 atom stereocenters. The fraction of sp³-hybridized carbons (Fsp3) is 0.417. The monoisotopic (exact) mass is 272 g/mol. The van der Waals surface area contributed by atoms with Crippen molar-refractivity contribution in [2.24, 2.45) is 0 Å². The summed E-state index contributed by atoms with van der Waals surface area (Å²) in [6, 6.07) is 5.27. The van der Waals surface area contributed by atoms with E-state index in [-0.39, 0.29) is 5.91 Å². The van der Waals surface area contributed by atoms with Gasteiger partial charge in [0.25, 0.3) is 5.91 Å². The third-order valence-electron chi connectivity index (χ3n) is 2.81. The molecule has 1 aliphatic rings. The number of benzene rings is 1. The maximum Gasteiger partial charge on any atom is 0.255 e. The Bertz CT molecular complexity index is 437. The number of nitrogens with zero attached hydrogens (tertiary/aromatic N) is 1. The first-order valence-corrected chi connectivity index (χ1v) is 6.31. The molecule has 1 amide bonds. The normalized spacial score (nSPS) is 20.4. The smallest absolute Gasteiger partial charge is 0.255 e. The Hall–Kier alpha value is -0.770. The van der Waals surface area contributed by atoms with Crippen LogP contribution in [0.25, 0.3) is 0 Å². The van der Waals surface area contributed by atoms with E-state index < -0.39 is 0 Å². The summed E-state index contributed by atoms with van der Waals surface area (Å²) >= 11 is 11.9. The predicted molar refractivity (Wildman–Crippen MR) is 69.8 cm³/mol. The molecule has 17 heavy (non-hydrogen) atoms. The average molecular weight is 273 g/mol. The van der Waals surface area contributed by atoms with Crippen LogP contribution in [0.2, 0.25) is 10.0 Å². The minimum Gasteiger partial charge on any atom is -0.336 e. The highest BCUT2D eigenvalue weighted by Gasteiger charge is 2.23. The van der Waals surface area contributed by atoms with Gasteiger partial charge in [0.1, 0.15) is 0 Å². The SMILES string of the molecule is C[C@@H]1CN(C(=O)c2cc(Cl)ccc2Cl)CCN1. The summed E-state index contributed by atoms with van der Waals surface area (Å²) in [5.74, 6) is -0.0501. The molecule has 1 fully saturated rings. The molecule has 1 aromatic carbocycles. The Labute approximate surface area is 111 Å². The second-order valence-corrected chi connectivity index (χ2v) is 5.07. The van der Waals surface area contributed by atoms with Crippen molar-refractivity contribution in [3.63, 3.8) is 0 Å². The van der Waals surface area contributed by atoms with Crippen molar-refractivity contribution in [3.05, 3.63) is 33.8 Å². The van der Waals surface area contributed by atoms with E-state index in [9.17, 15) is 4.79 Å². The molecule has 3 nitrogen and oxygen atoms in total. The minimum absolute atomic E-state index is 0.0501. The molecule has 1 saturated heterocycles. The molecule has 2 rings (SSSR count). The van der Waals surface area contributed by atoms with Crippen LogP contribution in [0.1, 0.15) is 17.3 Å². The number of carbonyl (C=O) groups is 1. The lowest BCUT2D eigenvalue weighted by molar-refractivity contribution is 0.0709. The summed E-state index contributed by atoms with van der Waals surface area (Å²) in [4.78, 5) is 14.1. The number of nitrogens with one attached hydrogen (secondary N) is 1. The summed E-state index contributed by atoms with van der Waals surface area (Å²) < 4.78 is 0. The van der Waals surface area contributed by atoms with E-state index in [2.05, 4.69) is 12.2 Å². The van der Waals surface area contributed by atoms with Gasteiger partial charge in [-0.05, 0) is 25.1 Å². The van der Waals surface area contributed by atoms with E-state index in [1.165, 1.54) is 0 Å². The standard InChI is InChI=1S/C12H14Cl2N2O/c1-8-7-16(5-4-15-8)12(17)10-6-9(13)2-3-11(10)14/h2-3,6,8,15H,4-5,7H2,1H3/t8-/m1/s1. The molecule has 1 aliphatic heterocycles. The van der Waals surface area contributed by atoms with E-state index in [1.807, 2.05) is 0 Å². The quantitative estimate of drug-likeness (QED) is 0.852. The fourth-order valence-electron chi connectivity index (χ4n) is 1.95. The van der Waals surface area contributed by atoms with Gasteiger partial charge in [0.15, 0.2) is 0 Å². The van der Waals surface area contributed by atoms with Gasteiger partial charge in [-0.25, -0.2) is 0 Å². The van der Waals surface area contributed by atoms with Crippen LogP contribution in [0.15, 0.2) is 18.2 Å². The van der Waals surface area contributed by atoms with Crippen molar-refractivity contribution in [2.45, 2.75) is 13.0 Å². The lowest BCUT2D eigenvalue weighted by Crippen LogP contribution is -2.51. The zero-order valence-electron chi connectivity index (χ0n) is 9.54. The molecule has 1 N–H and O–H groups in total. The maximum atomic E-state index is 12.3. The lowest BCUT2D eigenvalue weighted by Gasteiger charge is -2.32. The highest BCUT2D eigenvalue weighted by atomic mass is 35.5. The Morgan fingerprint density at radius 1 is 1.47 bits per heavy atom. The first kappa shape index (κ1) is 12.7. The largest absolute Gasteiger partial charge is 0.336 e. The number of carbonyl (C=O) groups excluding carboxylic acids is 1. The molecule has 0 bridgehead atoms. The van der Waals surface area contributed by atoms with Crippen LogP contribution in [-0.2, 0) is 0 Å². The molecule has 92 valence electrons. The van der Waals surface area contributed by atoms with Gasteiger partial charge in [0, 0.05) is 30.7 Å². The summed E-state index contributed by atoms with van der Waals surface area (Å²) in [5.41, 5.74) is 0.480. The summed E-state index contributed by atoms with van der Waals surface area (Å²) in [6.07, 6.45) is 0. The third kappa shape index (κ3) is 2.92. The van der Waals surface area contributed by atoms with Crippen LogP contribution in [-0.4, -0.2) is 36.5 Å². The van der Waals surface area contributed by atoms with E-state index in [1.54, 1.807) is 23.1 Å². The van der Waals surface area contributed by atoms with Gasteiger partial charge >= 0.3 is 0 Å². The van der Waals surface area contributed by atoms with Crippen molar-refractivity contribution in [1.29, 1.82) is 0 Å². The van der Waals surface area contributed by atoms with E-state index in [4.69, 9.17) is 23.2 Å². The second kappa shape index (κ2) is 5.25. The Balaban J connectivity index is 2.21. The molecule has 0 aliphatic carbocycles. The van der Waals surface area contributed by atoms with Crippen LogP contribution in [0, 0.1) is 0 Å². The second-order valence-electron chi connectivity index (χ2n) is 4.23. The predicted octanol–water partition coefficient (Wildman–Crippen LogP) is 2.43. The van der Waals surface area contributed by atoms with Crippen LogP contribution < -0.4 is 5.32 Å². The third-order valence-corrected chi connectivity index (χ3v) is 3.38. The van der Waals surface area contributed by atoms with Gasteiger partial charge in [0.05, 0.1) is 10.6 Å². The molecule has 1 heterocycles. The number of halogens is 2.